The maximum Gasteiger partial charge on any atom is 0.472 e. The quantitative estimate of drug-likeness (QED) is 0.0222. The molecule has 0 aliphatic rings. The lowest BCUT2D eigenvalue weighted by atomic mass is 10.00. The first-order valence-electron chi connectivity index (χ1n) is 34.2. The third kappa shape index (κ3) is 59.5. The summed E-state index contributed by atoms with van der Waals surface area (Å²) in [6.07, 6.45) is 36.3. The summed E-state index contributed by atoms with van der Waals surface area (Å²) in [6.45, 7) is 14.0. The first-order valence-corrected chi connectivity index (χ1v) is 37.2. The van der Waals surface area contributed by atoms with Crippen LogP contribution in [0.2, 0.25) is 0 Å². The molecule has 17 nitrogen and oxygen atoms in total. The lowest BCUT2D eigenvalue weighted by Gasteiger charge is -2.21. The monoisotopic (exact) mass is 1250 g/mol. The minimum Gasteiger partial charge on any atom is -0.462 e. The van der Waals surface area contributed by atoms with Crippen LogP contribution in [0.1, 0.15) is 319 Å². The fraction of sp³-hybridized carbons (Fsp3) is 0.939. The van der Waals surface area contributed by atoms with E-state index in [1.54, 1.807) is 0 Å². The van der Waals surface area contributed by atoms with Crippen LogP contribution >= 0.6 is 15.6 Å². The predicted molar refractivity (Wildman–Crippen MR) is 340 cm³/mol. The second kappa shape index (κ2) is 56.1. The van der Waals surface area contributed by atoms with E-state index in [1.807, 2.05) is 0 Å². The van der Waals surface area contributed by atoms with Crippen molar-refractivity contribution in [1.29, 1.82) is 0 Å². The van der Waals surface area contributed by atoms with Crippen LogP contribution in [0, 0.1) is 23.7 Å². The normalized spacial score (nSPS) is 14.7. The molecule has 0 saturated heterocycles. The van der Waals surface area contributed by atoms with Crippen molar-refractivity contribution in [3.05, 3.63) is 0 Å². The highest BCUT2D eigenvalue weighted by Gasteiger charge is 2.30. The molecule has 6 atom stereocenters. The molecule has 3 N–H and O–H groups in total. The van der Waals surface area contributed by atoms with E-state index in [4.69, 9.17) is 37.0 Å². The van der Waals surface area contributed by atoms with Crippen LogP contribution in [-0.2, 0) is 65.4 Å². The maximum atomic E-state index is 13.0. The average Bonchev–Trinajstić information content (AvgIpc) is 3.47. The second-order valence-corrected chi connectivity index (χ2v) is 28.4. The summed E-state index contributed by atoms with van der Waals surface area (Å²) in [5.74, 6) is 0.780. The number of esters is 4. The van der Waals surface area contributed by atoms with Crippen LogP contribution in [0.5, 0.6) is 0 Å². The van der Waals surface area contributed by atoms with Crippen molar-refractivity contribution < 1.29 is 80.2 Å². The molecule has 0 aromatic rings. The Balaban J connectivity index is 5.25. The second-order valence-electron chi connectivity index (χ2n) is 25.5. The number of unbranched alkanes of at least 4 members (excludes halogenated alkanes) is 28. The third-order valence-corrected chi connectivity index (χ3v) is 17.3. The number of carbonyl (C=O) groups is 4. The number of phosphoric acid groups is 2. The maximum absolute atomic E-state index is 13.0. The largest absolute Gasteiger partial charge is 0.472 e. The average molecular weight is 1260 g/mol. The molecule has 0 aromatic heterocycles. The molecule has 0 saturated carbocycles. The van der Waals surface area contributed by atoms with E-state index >= 15 is 0 Å². The topological polar surface area (TPSA) is 237 Å². The van der Waals surface area contributed by atoms with Crippen molar-refractivity contribution in [3.63, 3.8) is 0 Å². The lowest BCUT2D eigenvalue weighted by molar-refractivity contribution is -0.161. The zero-order valence-electron chi connectivity index (χ0n) is 55.2. The summed E-state index contributed by atoms with van der Waals surface area (Å²) < 4.78 is 68.1. The molecule has 0 aliphatic carbocycles. The van der Waals surface area contributed by atoms with Crippen LogP contribution in [-0.4, -0.2) is 96.7 Å². The molecule has 0 aromatic carbocycles. The van der Waals surface area contributed by atoms with Gasteiger partial charge in [-0.1, -0.05) is 267 Å². The van der Waals surface area contributed by atoms with Crippen molar-refractivity contribution >= 4 is 39.5 Å². The molecule has 19 heteroatoms. The van der Waals surface area contributed by atoms with Gasteiger partial charge in [-0.05, 0) is 49.4 Å². The molecular formula is C66H128O17P2. The van der Waals surface area contributed by atoms with Crippen molar-refractivity contribution in [2.24, 2.45) is 23.7 Å². The lowest BCUT2D eigenvalue weighted by Crippen LogP contribution is -2.30. The Morgan fingerprint density at radius 1 is 0.329 bits per heavy atom. The molecule has 0 bridgehead atoms. The van der Waals surface area contributed by atoms with E-state index in [9.17, 15) is 43.2 Å². The van der Waals surface area contributed by atoms with Crippen molar-refractivity contribution in [2.45, 2.75) is 337 Å². The molecule has 0 spiro atoms. The number of ether oxygens (including phenoxy) is 4. The number of hydrogen-bond donors (Lipinski definition) is 3. The summed E-state index contributed by atoms with van der Waals surface area (Å²) in [4.78, 5) is 72.3. The minimum atomic E-state index is -4.95. The molecule has 85 heavy (non-hydrogen) atoms. The summed E-state index contributed by atoms with van der Waals surface area (Å²) in [6, 6.07) is 0. The molecule has 0 fully saturated rings. The SMILES string of the molecule is CCC(C)CCCCCCCCC(=O)OC[C@H](COP(=O)(O)OC[C@H](O)COP(=O)(O)OC[C@@H](COC(=O)CCCCCCCCCCC(C)C)OC(=O)CCCCCCCCCC(C)C)OC(=O)CCCCCCCCCCCCCC(C)C. The van der Waals surface area contributed by atoms with Crippen LogP contribution in [0.4, 0.5) is 0 Å². The van der Waals surface area contributed by atoms with Gasteiger partial charge in [-0.2, -0.15) is 0 Å². The first kappa shape index (κ1) is 83.1. The predicted octanol–water partition coefficient (Wildman–Crippen LogP) is 18.1. The van der Waals surface area contributed by atoms with Crippen LogP contribution in [0.25, 0.3) is 0 Å². The zero-order chi connectivity index (χ0) is 63.2. The van der Waals surface area contributed by atoms with Gasteiger partial charge >= 0.3 is 39.5 Å². The molecule has 0 amide bonds. The van der Waals surface area contributed by atoms with Crippen LogP contribution < -0.4 is 0 Å². The number of carbonyl (C=O) groups excluding carboxylic acids is 4. The van der Waals surface area contributed by atoms with E-state index in [0.29, 0.717) is 31.6 Å². The van der Waals surface area contributed by atoms with Crippen molar-refractivity contribution in [3.8, 4) is 0 Å². The van der Waals surface area contributed by atoms with Crippen LogP contribution in [0.3, 0.4) is 0 Å². The summed E-state index contributed by atoms with van der Waals surface area (Å²) in [5, 5.41) is 10.5. The number of hydrogen-bond acceptors (Lipinski definition) is 15. The Morgan fingerprint density at radius 3 is 0.835 bits per heavy atom. The number of aliphatic hydroxyl groups is 1. The van der Waals surface area contributed by atoms with Gasteiger partial charge in [0.05, 0.1) is 26.4 Å². The highest BCUT2D eigenvalue weighted by atomic mass is 31.2. The standard InChI is InChI=1S/C66H128O17P2/c1-9-59(8)45-37-29-24-25-31-39-47-64(69)77-53-62(82-65(70)48-40-32-22-14-12-10-11-13-18-26-34-42-56(2)3)55-81-85(74,75)79-51-60(67)50-78-84(72,73)80-54-61(83-66(71)49-41-33-23-17-20-28-36-44-58(6)7)52-76-63(68)46-38-30-21-16-15-19-27-35-43-57(4)5/h56-62,67H,9-55H2,1-8H3,(H,72,73)(H,74,75)/t59?,60-,61-,62-/m1/s1. The van der Waals surface area contributed by atoms with E-state index in [1.165, 1.54) is 116 Å². The minimum absolute atomic E-state index is 0.102. The van der Waals surface area contributed by atoms with E-state index in [0.717, 1.165) is 114 Å². The number of rotatable bonds is 63. The number of phosphoric ester groups is 2. The Hall–Kier alpha value is -1.94. The molecule has 3 unspecified atom stereocenters. The Kier molecular flexibility index (Phi) is 54.8. The highest BCUT2D eigenvalue weighted by molar-refractivity contribution is 7.47. The van der Waals surface area contributed by atoms with Gasteiger partial charge in [-0.15, -0.1) is 0 Å². The van der Waals surface area contributed by atoms with E-state index in [2.05, 4.69) is 55.4 Å². The fourth-order valence-electron chi connectivity index (χ4n) is 9.75. The van der Waals surface area contributed by atoms with Gasteiger partial charge in [0.25, 0.3) is 0 Å². The molecule has 0 radical (unpaired) electrons. The van der Waals surface area contributed by atoms with Crippen molar-refractivity contribution in [1.82, 2.24) is 0 Å². The zero-order valence-corrected chi connectivity index (χ0v) is 57.0. The molecule has 0 aliphatic heterocycles. The summed E-state index contributed by atoms with van der Waals surface area (Å²) in [7, 11) is -9.89. The molecule has 0 rings (SSSR count). The first-order chi connectivity index (χ1) is 40.6. The van der Waals surface area contributed by atoms with Gasteiger partial charge < -0.3 is 33.8 Å². The van der Waals surface area contributed by atoms with E-state index in [-0.39, 0.29) is 25.7 Å². The molecular weight excluding hydrogens is 1130 g/mol. The van der Waals surface area contributed by atoms with E-state index < -0.39 is 97.5 Å². The smallest absolute Gasteiger partial charge is 0.462 e. The van der Waals surface area contributed by atoms with Gasteiger partial charge in [0, 0.05) is 25.7 Å². The number of aliphatic hydroxyl groups excluding tert-OH is 1. The summed E-state index contributed by atoms with van der Waals surface area (Å²) in [5.41, 5.74) is 0. The fourth-order valence-corrected chi connectivity index (χ4v) is 11.3. The molecule has 0 heterocycles. The highest BCUT2D eigenvalue weighted by Crippen LogP contribution is 2.45. The van der Waals surface area contributed by atoms with Crippen molar-refractivity contribution in [2.75, 3.05) is 39.6 Å². The Bertz CT molecular complexity index is 1700. The van der Waals surface area contributed by atoms with Gasteiger partial charge in [-0.25, -0.2) is 9.13 Å². The molecule has 504 valence electrons. The third-order valence-electron chi connectivity index (χ3n) is 15.4. The summed E-state index contributed by atoms with van der Waals surface area (Å²) >= 11 is 0. The van der Waals surface area contributed by atoms with Gasteiger partial charge in [-0.3, -0.25) is 37.3 Å². The van der Waals surface area contributed by atoms with Crippen LogP contribution in [0.15, 0.2) is 0 Å². The Morgan fingerprint density at radius 2 is 0.565 bits per heavy atom. The van der Waals surface area contributed by atoms with Gasteiger partial charge in [0.15, 0.2) is 12.2 Å². The van der Waals surface area contributed by atoms with Gasteiger partial charge in [0.1, 0.15) is 19.3 Å². The van der Waals surface area contributed by atoms with Gasteiger partial charge in [0.2, 0.25) is 0 Å². The Labute approximate surface area is 517 Å².